The first-order chi connectivity index (χ1) is 10.9. The predicted octanol–water partition coefficient (Wildman–Crippen LogP) is 4.16. The molecule has 2 saturated carbocycles. The molecule has 2 N–H and O–H groups in total. The third-order valence-electron chi connectivity index (χ3n) is 5.14. The molecule has 3 rings (SSSR count). The molecule has 0 aromatic heterocycles. The van der Waals surface area contributed by atoms with Gasteiger partial charge in [-0.25, -0.2) is 9.09 Å². The van der Waals surface area contributed by atoms with Gasteiger partial charge in [0.1, 0.15) is 5.75 Å². The Kier molecular flexibility index (Phi) is 4.84. The Hall–Kier alpha value is -0.870. The lowest BCUT2D eigenvalue weighted by Gasteiger charge is -2.23. The number of hydrogen-bond acceptors (Lipinski definition) is 3. The molecule has 0 aliphatic heterocycles. The molecule has 0 amide bonds. The van der Waals surface area contributed by atoms with Crippen molar-refractivity contribution in [3.8, 4) is 5.75 Å². The van der Waals surface area contributed by atoms with Crippen LogP contribution in [0, 0.1) is 11.8 Å². The summed E-state index contributed by atoms with van der Waals surface area (Å²) >= 11 is 0. The predicted molar refractivity (Wildman–Crippen MR) is 87.3 cm³/mol. The van der Waals surface area contributed by atoms with Crippen molar-refractivity contribution >= 4 is 7.82 Å². The van der Waals surface area contributed by atoms with Crippen LogP contribution in [0.1, 0.15) is 62.5 Å². The maximum Gasteiger partial charge on any atom is 0.472 e. The summed E-state index contributed by atoms with van der Waals surface area (Å²) in [6.45, 7) is 3.98. The second-order valence-electron chi connectivity index (χ2n) is 6.90. The number of rotatable bonds is 8. The van der Waals surface area contributed by atoms with Gasteiger partial charge in [0, 0.05) is 0 Å². The number of phosphoric ester groups is 1. The zero-order chi connectivity index (χ0) is 16.6. The molecule has 2 atom stereocenters. The lowest BCUT2D eigenvalue weighted by molar-refractivity contribution is 0.0807. The highest BCUT2D eigenvalue weighted by molar-refractivity contribution is 7.46. The summed E-state index contributed by atoms with van der Waals surface area (Å²) in [5, 5.41) is 0. The largest absolute Gasteiger partial charge is 0.472 e. The normalized spacial score (nSPS) is 21.0. The molecular weight excluding hydrogens is 315 g/mol. The number of hydrogen-bond donors (Lipinski definition) is 2. The molecule has 0 heterocycles. The van der Waals surface area contributed by atoms with Gasteiger partial charge in [-0.1, -0.05) is 32.0 Å². The Bertz CT molecular complexity index is 567. The standard InChI is InChI=1S/C17H25O5P/c1-11(13-6-7-13)15-4-3-5-16(12(2)14-8-9-14)17(15)21-10-22-23(18,19)20/h3-5,11-14H,6-10H2,1-2H3,(H2,18,19,20)/t11-,12-/m0/s1. The van der Waals surface area contributed by atoms with Crippen LogP contribution < -0.4 is 4.74 Å². The lowest BCUT2D eigenvalue weighted by Crippen LogP contribution is -2.10. The van der Waals surface area contributed by atoms with Crippen LogP contribution in [0.3, 0.4) is 0 Å². The zero-order valence-electron chi connectivity index (χ0n) is 13.6. The van der Waals surface area contributed by atoms with Crippen molar-refractivity contribution < 1.29 is 23.6 Å². The molecule has 128 valence electrons. The van der Waals surface area contributed by atoms with Crippen LogP contribution in [0.2, 0.25) is 0 Å². The summed E-state index contributed by atoms with van der Waals surface area (Å²) in [5.41, 5.74) is 2.26. The summed E-state index contributed by atoms with van der Waals surface area (Å²) in [4.78, 5) is 17.7. The van der Waals surface area contributed by atoms with Gasteiger partial charge in [-0.05, 0) is 60.5 Å². The van der Waals surface area contributed by atoms with E-state index in [2.05, 4.69) is 36.6 Å². The van der Waals surface area contributed by atoms with Crippen LogP contribution in [0.4, 0.5) is 0 Å². The fourth-order valence-electron chi connectivity index (χ4n) is 3.31. The van der Waals surface area contributed by atoms with E-state index in [4.69, 9.17) is 14.5 Å². The van der Waals surface area contributed by atoms with Gasteiger partial charge in [0.15, 0.2) is 6.79 Å². The maximum absolute atomic E-state index is 10.9. The van der Waals surface area contributed by atoms with Crippen molar-refractivity contribution in [1.82, 2.24) is 0 Å². The molecule has 2 fully saturated rings. The molecule has 0 unspecified atom stereocenters. The summed E-state index contributed by atoms with van der Waals surface area (Å²) in [6, 6.07) is 6.21. The van der Waals surface area contributed by atoms with Crippen molar-refractivity contribution in [2.75, 3.05) is 6.79 Å². The van der Waals surface area contributed by atoms with Crippen molar-refractivity contribution in [2.45, 2.75) is 51.4 Å². The second-order valence-corrected chi connectivity index (χ2v) is 8.14. The molecule has 1 aromatic carbocycles. The van der Waals surface area contributed by atoms with E-state index in [1.54, 1.807) is 0 Å². The van der Waals surface area contributed by atoms with Crippen molar-refractivity contribution in [3.05, 3.63) is 29.3 Å². The Labute approximate surface area is 137 Å². The van der Waals surface area contributed by atoms with Gasteiger partial charge < -0.3 is 14.5 Å². The molecule has 5 nitrogen and oxygen atoms in total. The molecule has 23 heavy (non-hydrogen) atoms. The number of benzene rings is 1. The van der Waals surface area contributed by atoms with Gasteiger partial charge >= 0.3 is 7.82 Å². The van der Waals surface area contributed by atoms with Crippen LogP contribution in [-0.4, -0.2) is 16.6 Å². The molecule has 0 radical (unpaired) electrons. The van der Waals surface area contributed by atoms with Crippen LogP contribution >= 0.6 is 7.82 Å². The summed E-state index contributed by atoms with van der Waals surface area (Å²) in [5.74, 6) is 2.93. The highest BCUT2D eigenvalue weighted by Gasteiger charge is 2.34. The fourth-order valence-corrected chi connectivity index (χ4v) is 3.50. The summed E-state index contributed by atoms with van der Waals surface area (Å²) < 4.78 is 21.1. The van der Waals surface area contributed by atoms with E-state index in [0.717, 1.165) is 16.9 Å². The molecular formula is C17H25O5P. The minimum absolute atomic E-state index is 0.395. The van der Waals surface area contributed by atoms with Gasteiger partial charge in [-0.15, -0.1) is 0 Å². The highest BCUT2D eigenvalue weighted by Crippen LogP contribution is 2.50. The molecule has 6 heteroatoms. The Morgan fingerprint density at radius 3 is 1.96 bits per heavy atom. The van der Waals surface area contributed by atoms with E-state index >= 15 is 0 Å². The van der Waals surface area contributed by atoms with E-state index < -0.39 is 14.6 Å². The Morgan fingerprint density at radius 1 is 1.09 bits per heavy atom. The SMILES string of the molecule is C[C@H](c1cccc([C@@H](C)C2CC2)c1OCOP(=O)(O)O)C1CC1. The summed E-state index contributed by atoms with van der Waals surface area (Å²) in [7, 11) is -4.52. The zero-order valence-corrected chi connectivity index (χ0v) is 14.5. The molecule has 0 bridgehead atoms. The third-order valence-corrected chi connectivity index (χ3v) is 5.58. The van der Waals surface area contributed by atoms with Gasteiger partial charge in [0.25, 0.3) is 0 Å². The van der Waals surface area contributed by atoms with Crippen LogP contribution in [0.15, 0.2) is 18.2 Å². The second kappa shape index (κ2) is 6.56. The topological polar surface area (TPSA) is 76.0 Å². The fraction of sp³-hybridized carbons (Fsp3) is 0.647. The van der Waals surface area contributed by atoms with E-state index in [1.165, 1.54) is 25.7 Å². The highest BCUT2D eigenvalue weighted by atomic mass is 31.2. The van der Waals surface area contributed by atoms with Gasteiger partial charge in [-0.2, -0.15) is 0 Å². The lowest BCUT2D eigenvalue weighted by atomic mass is 9.88. The van der Waals surface area contributed by atoms with Gasteiger partial charge in [0.2, 0.25) is 0 Å². The Balaban J connectivity index is 1.85. The van der Waals surface area contributed by atoms with Crippen molar-refractivity contribution in [3.63, 3.8) is 0 Å². The number of para-hydroxylation sites is 1. The number of phosphoric acid groups is 1. The smallest absolute Gasteiger partial charge is 0.466 e. The minimum Gasteiger partial charge on any atom is -0.466 e. The molecule has 0 spiro atoms. The van der Waals surface area contributed by atoms with E-state index in [-0.39, 0.29) is 0 Å². The first kappa shape index (κ1) is 17.0. The maximum atomic E-state index is 10.9. The van der Waals surface area contributed by atoms with Crippen LogP contribution in [-0.2, 0) is 9.09 Å². The van der Waals surface area contributed by atoms with Crippen molar-refractivity contribution in [1.29, 1.82) is 0 Å². The third kappa shape index (κ3) is 4.36. The monoisotopic (exact) mass is 340 g/mol. The molecule has 2 aliphatic rings. The van der Waals surface area contributed by atoms with Crippen molar-refractivity contribution in [2.24, 2.45) is 11.8 Å². The summed E-state index contributed by atoms with van der Waals surface area (Å²) in [6.07, 6.45) is 4.95. The molecule has 0 saturated heterocycles. The first-order valence-corrected chi connectivity index (χ1v) is 9.85. The average Bonchev–Trinajstić information content (AvgIpc) is 3.38. The average molecular weight is 340 g/mol. The van der Waals surface area contributed by atoms with E-state index in [9.17, 15) is 4.57 Å². The quantitative estimate of drug-likeness (QED) is 0.549. The molecule has 1 aromatic rings. The Morgan fingerprint density at radius 2 is 1.57 bits per heavy atom. The van der Waals surface area contributed by atoms with Gasteiger partial charge in [-0.3, -0.25) is 0 Å². The van der Waals surface area contributed by atoms with Crippen LogP contribution in [0.5, 0.6) is 5.75 Å². The van der Waals surface area contributed by atoms with E-state index in [1.807, 2.05) is 0 Å². The van der Waals surface area contributed by atoms with Crippen LogP contribution in [0.25, 0.3) is 0 Å². The number of ether oxygens (including phenoxy) is 1. The van der Waals surface area contributed by atoms with E-state index in [0.29, 0.717) is 23.7 Å². The first-order valence-electron chi connectivity index (χ1n) is 8.32. The minimum atomic E-state index is -4.52. The molecule has 2 aliphatic carbocycles. The van der Waals surface area contributed by atoms with Gasteiger partial charge in [0.05, 0.1) is 0 Å².